The van der Waals surface area contributed by atoms with E-state index in [2.05, 4.69) is 24.8 Å². The second-order valence-electron chi connectivity index (χ2n) is 2.33. The second kappa shape index (κ2) is 7.11. The highest BCUT2D eigenvalue weighted by Gasteiger charge is 1.73. The average Bonchev–Trinajstić information content (AvgIpc) is 2.01. The summed E-state index contributed by atoms with van der Waals surface area (Å²) in [6.45, 7) is 6.17. The highest BCUT2D eigenvalue weighted by Crippen LogP contribution is 1.93. The Balaban J connectivity index is 4.09. The molecule has 0 spiro atoms. The molecule has 0 amide bonds. The maximum absolute atomic E-state index is 3.14. The van der Waals surface area contributed by atoms with Crippen molar-refractivity contribution in [2.75, 3.05) is 0 Å². The first-order valence-electron chi connectivity index (χ1n) is 4.02. The molecule has 0 unspecified atom stereocenters. The average molecular weight is 148 g/mol. The maximum atomic E-state index is 3.14. The zero-order chi connectivity index (χ0) is 8.53. The molecule has 0 atom stereocenters. The van der Waals surface area contributed by atoms with Crippen LogP contribution in [0, 0.1) is 0 Å². The topological polar surface area (TPSA) is 0 Å². The quantitative estimate of drug-likeness (QED) is 0.423. The largest absolute Gasteiger partial charge is 0.118 e. The fourth-order valence-corrected chi connectivity index (χ4v) is 0.619. The first-order valence-corrected chi connectivity index (χ1v) is 4.02. The van der Waals surface area contributed by atoms with Crippen LogP contribution < -0.4 is 0 Å². The van der Waals surface area contributed by atoms with Gasteiger partial charge in [0.25, 0.3) is 0 Å². The van der Waals surface area contributed by atoms with Crippen LogP contribution in [-0.4, -0.2) is 0 Å². The smallest absolute Gasteiger partial charge is 0.00946 e. The van der Waals surface area contributed by atoms with Crippen LogP contribution in [0.1, 0.15) is 27.2 Å². The molecule has 0 saturated carbocycles. The third-order valence-corrected chi connectivity index (χ3v) is 1.20. The molecule has 0 aliphatic rings. The lowest BCUT2D eigenvalue weighted by Crippen LogP contribution is -1.61. The third kappa shape index (κ3) is 6.89. The number of rotatable bonds is 3. The standard InChI is InChI=1S/C11H16/c1-4-6-8-10-11(3)9-7-5-2/h4,6-9H,5H2,1-3H3/b6-4+,9-7-. The van der Waals surface area contributed by atoms with E-state index in [0.717, 1.165) is 6.42 Å². The normalized spacial score (nSPS) is 10.5. The molecule has 0 bridgehead atoms. The Morgan fingerprint density at radius 1 is 1.45 bits per heavy atom. The molecule has 60 valence electrons. The van der Waals surface area contributed by atoms with E-state index in [-0.39, 0.29) is 0 Å². The lowest BCUT2D eigenvalue weighted by molar-refractivity contribution is 1.22. The van der Waals surface area contributed by atoms with Crippen LogP contribution in [0.4, 0.5) is 0 Å². The monoisotopic (exact) mass is 148 g/mol. The molecule has 0 aromatic carbocycles. The first-order chi connectivity index (χ1) is 5.31. The van der Waals surface area contributed by atoms with Crippen LogP contribution in [0.5, 0.6) is 0 Å². The molecule has 0 radical (unpaired) electrons. The fraction of sp³-hybridized carbons (Fsp3) is 0.364. The Morgan fingerprint density at radius 3 is 2.73 bits per heavy atom. The third-order valence-electron chi connectivity index (χ3n) is 1.20. The van der Waals surface area contributed by atoms with E-state index in [1.165, 1.54) is 5.57 Å². The molecular formula is C11H16. The molecule has 0 aliphatic carbocycles. The van der Waals surface area contributed by atoms with E-state index in [1.54, 1.807) is 0 Å². The van der Waals surface area contributed by atoms with Crippen molar-refractivity contribution in [1.82, 2.24) is 0 Å². The van der Waals surface area contributed by atoms with Crippen LogP contribution in [0.25, 0.3) is 0 Å². The minimum absolute atomic E-state index is 1.09. The molecule has 0 aliphatic heterocycles. The van der Waals surface area contributed by atoms with Crippen LogP contribution in [0.3, 0.4) is 0 Å². The van der Waals surface area contributed by atoms with Gasteiger partial charge in [0.05, 0.1) is 0 Å². The van der Waals surface area contributed by atoms with Crippen LogP contribution in [0.2, 0.25) is 0 Å². The maximum Gasteiger partial charge on any atom is -0.00946 e. The Kier molecular flexibility index (Phi) is 6.46. The lowest BCUT2D eigenvalue weighted by atomic mass is 10.2. The summed E-state index contributed by atoms with van der Waals surface area (Å²) in [7, 11) is 0. The van der Waals surface area contributed by atoms with Crippen LogP contribution >= 0.6 is 0 Å². The van der Waals surface area contributed by atoms with Gasteiger partial charge in [0.2, 0.25) is 0 Å². The van der Waals surface area contributed by atoms with Crippen molar-refractivity contribution in [2.45, 2.75) is 27.2 Å². The SMILES string of the molecule is C/C=C/C=C=C(C)/C=C\CC. The molecule has 11 heavy (non-hydrogen) atoms. The number of hydrogen-bond acceptors (Lipinski definition) is 0. The zero-order valence-electron chi connectivity index (χ0n) is 7.59. The van der Waals surface area contributed by atoms with Crippen LogP contribution in [-0.2, 0) is 0 Å². The summed E-state index contributed by atoms with van der Waals surface area (Å²) < 4.78 is 0. The summed E-state index contributed by atoms with van der Waals surface area (Å²) in [5, 5.41) is 0. The van der Waals surface area contributed by atoms with E-state index >= 15 is 0 Å². The van der Waals surface area contributed by atoms with E-state index < -0.39 is 0 Å². The van der Waals surface area contributed by atoms with Gasteiger partial charge in [-0.15, -0.1) is 5.73 Å². The molecular weight excluding hydrogens is 132 g/mol. The van der Waals surface area contributed by atoms with Crippen molar-refractivity contribution in [3.05, 3.63) is 41.7 Å². The van der Waals surface area contributed by atoms with E-state index in [9.17, 15) is 0 Å². The molecule has 0 fully saturated rings. The Labute approximate surface area is 69.6 Å². The van der Waals surface area contributed by atoms with E-state index in [1.807, 2.05) is 32.1 Å². The van der Waals surface area contributed by atoms with Crippen LogP contribution in [0.15, 0.2) is 41.7 Å². The first kappa shape index (κ1) is 10.0. The number of allylic oxidation sites excluding steroid dienone is 5. The number of hydrogen-bond donors (Lipinski definition) is 0. The van der Waals surface area contributed by atoms with Gasteiger partial charge in [-0.1, -0.05) is 31.2 Å². The highest BCUT2D eigenvalue weighted by atomic mass is 13.8. The van der Waals surface area contributed by atoms with Gasteiger partial charge in [-0.2, -0.15) is 0 Å². The van der Waals surface area contributed by atoms with Crippen molar-refractivity contribution >= 4 is 0 Å². The molecule has 0 rings (SSSR count). The molecule has 0 heteroatoms. The van der Waals surface area contributed by atoms with Crippen molar-refractivity contribution < 1.29 is 0 Å². The zero-order valence-corrected chi connectivity index (χ0v) is 7.59. The predicted molar refractivity (Wildman–Crippen MR) is 51.5 cm³/mol. The summed E-state index contributed by atoms with van der Waals surface area (Å²) in [6.07, 6.45) is 11.2. The molecule has 0 nitrogen and oxygen atoms in total. The fourth-order valence-electron chi connectivity index (χ4n) is 0.619. The minimum Gasteiger partial charge on any atom is -0.118 e. The Morgan fingerprint density at radius 2 is 2.18 bits per heavy atom. The van der Waals surface area contributed by atoms with Gasteiger partial charge >= 0.3 is 0 Å². The predicted octanol–water partition coefficient (Wildman–Crippen LogP) is 3.63. The summed E-state index contributed by atoms with van der Waals surface area (Å²) in [5.41, 5.74) is 4.31. The Bertz CT molecular complexity index is 198. The van der Waals surface area contributed by atoms with Gasteiger partial charge in [-0.05, 0) is 31.9 Å². The molecule has 0 heterocycles. The van der Waals surface area contributed by atoms with Gasteiger partial charge in [0.15, 0.2) is 0 Å². The summed E-state index contributed by atoms with van der Waals surface area (Å²) in [5.74, 6) is 0. The van der Waals surface area contributed by atoms with Crippen molar-refractivity contribution in [3.8, 4) is 0 Å². The van der Waals surface area contributed by atoms with E-state index in [4.69, 9.17) is 0 Å². The van der Waals surface area contributed by atoms with Gasteiger partial charge in [0, 0.05) is 0 Å². The summed E-state index contributed by atoms with van der Waals surface area (Å²) >= 11 is 0. The van der Waals surface area contributed by atoms with Gasteiger partial charge < -0.3 is 0 Å². The van der Waals surface area contributed by atoms with Crippen molar-refractivity contribution in [2.24, 2.45) is 0 Å². The molecule has 0 N–H and O–H groups in total. The Hall–Kier alpha value is -1.00. The van der Waals surface area contributed by atoms with Gasteiger partial charge in [-0.3, -0.25) is 0 Å². The highest BCUT2D eigenvalue weighted by molar-refractivity contribution is 5.17. The van der Waals surface area contributed by atoms with E-state index in [0.29, 0.717) is 0 Å². The second-order valence-corrected chi connectivity index (χ2v) is 2.33. The molecule has 0 aromatic rings. The summed E-state index contributed by atoms with van der Waals surface area (Å²) in [6, 6.07) is 0. The van der Waals surface area contributed by atoms with Crippen molar-refractivity contribution in [1.29, 1.82) is 0 Å². The van der Waals surface area contributed by atoms with Gasteiger partial charge in [0.1, 0.15) is 0 Å². The molecule has 0 saturated heterocycles. The van der Waals surface area contributed by atoms with Crippen molar-refractivity contribution in [3.63, 3.8) is 0 Å². The molecule has 0 aromatic heterocycles. The lowest BCUT2D eigenvalue weighted by Gasteiger charge is -1.81. The van der Waals surface area contributed by atoms with Gasteiger partial charge in [-0.25, -0.2) is 0 Å². The summed E-state index contributed by atoms with van der Waals surface area (Å²) in [4.78, 5) is 0. The minimum atomic E-state index is 1.09.